The summed E-state index contributed by atoms with van der Waals surface area (Å²) in [5.74, 6) is 0.859. The van der Waals surface area contributed by atoms with E-state index >= 15 is 0 Å². The van der Waals surface area contributed by atoms with Gasteiger partial charge in [-0.1, -0.05) is 6.92 Å². The SMILES string of the molecule is CC(C)N1CC(N)C(C#N)C1.CC(C)N1CC(N)C1.CC(C)N1CC(O)C1.CC(C)N1CC(OP(C)(=O)O)C1.CC(C)N1CCC(N)C1.CC(C)N1CCC1.CC1CN(C(C)C)CC1C#N. The van der Waals surface area contributed by atoms with Crippen LogP contribution < -0.4 is 17.2 Å². The van der Waals surface area contributed by atoms with Gasteiger partial charge in [0.2, 0.25) is 0 Å². The van der Waals surface area contributed by atoms with Crippen molar-refractivity contribution < 1.29 is 19.1 Å². The molecule has 0 saturated carbocycles. The summed E-state index contributed by atoms with van der Waals surface area (Å²) < 4.78 is 15.7. The zero-order valence-electron chi connectivity index (χ0n) is 44.9. The van der Waals surface area contributed by atoms with Gasteiger partial charge in [-0.3, -0.25) is 34.0 Å². The summed E-state index contributed by atoms with van der Waals surface area (Å²) in [5.41, 5.74) is 17.0. The quantitative estimate of drug-likeness (QED) is 0.205. The number of hydrogen-bond donors (Lipinski definition) is 5. The van der Waals surface area contributed by atoms with E-state index in [2.05, 4.69) is 150 Å². The van der Waals surface area contributed by atoms with E-state index in [1.54, 1.807) is 0 Å². The largest absolute Gasteiger partial charge is 0.390 e. The van der Waals surface area contributed by atoms with Crippen molar-refractivity contribution in [1.29, 1.82) is 10.5 Å². The summed E-state index contributed by atoms with van der Waals surface area (Å²) in [5, 5.41) is 26.3. The maximum atomic E-state index is 10.8. The third-order valence-electron chi connectivity index (χ3n) is 13.7. The molecule has 0 aromatic rings. The molecule has 0 aliphatic carbocycles. The zero-order valence-corrected chi connectivity index (χ0v) is 45.8. The van der Waals surface area contributed by atoms with E-state index in [1.165, 1.54) is 39.1 Å². The highest BCUT2D eigenvalue weighted by molar-refractivity contribution is 7.51. The van der Waals surface area contributed by atoms with Crippen molar-refractivity contribution in [2.45, 2.75) is 189 Å². The number of nitrogens with zero attached hydrogens (tertiary/aromatic N) is 9. The highest BCUT2D eigenvalue weighted by atomic mass is 31.2. The smallest absolute Gasteiger partial charge is 0.325 e. The van der Waals surface area contributed by atoms with E-state index in [0.29, 0.717) is 54.3 Å². The molecule has 0 aromatic carbocycles. The van der Waals surface area contributed by atoms with Crippen LogP contribution in [-0.4, -0.2) is 215 Å². The van der Waals surface area contributed by atoms with E-state index in [1.807, 2.05) is 0 Å². The number of nitriles is 2. The summed E-state index contributed by atoms with van der Waals surface area (Å²) in [6, 6.07) is 9.91. The van der Waals surface area contributed by atoms with Gasteiger partial charge in [0, 0.05) is 139 Å². The van der Waals surface area contributed by atoms with Gasteiger partial charge < -0.3 is 36.6 Å². The number of rotatable bonds is 9. The van der Waals surface area contributed by atoms with Gasteiger partial charge in [-0.2, -0.15) is 10.5 Å². The normalized spacial score (nSPS) is 27.8. The monoisotopic (exact) mass is 955 g/mol. The van der Waals surface area contributed by atoms with Gasteiger partial charge in [0.25, 0.3) is 0 Å². The second-order valence-electron chi connectivity index (χ2n) is 21.9. The Balaban J connectivity index is 0.000000388. The summed E-state index contributed by atoms with van der Waals surface area (Å²) >= 11 is 0. The van der Waals surface area contributed by atoms with E-state index in [4.69, 9.17) is 42.2 Å². The molecule has 7 heterocycles. The second-order valence-corrected chi connectivity index (χ2v) is 23.7. The van der Waals surface area contributed by atoms with Crippen LogP contribution in [0.2, 0.25) is 0 Å². The average molecular weight is 955 g/mol. The molecule has 6 unspecified atom stereocenters. The molecule has 16 nitrogen and oxygen atoms in total. The first-order valence-electron chi connectivity index (χ1n) is 25.5. The van der Waals surface area contributed by atoms with Crippen LogP contribution in [0.1, 0.15) is 117 Å². The van der Waals surface area contributed by atoms with Crippen molar-refractivity contribution in [2.75, 3.05) is 98.3 Å². The minimum atomic E-state index is -3.27. The molecule has 7 rings (SSSR count). The van der Waals surface area contributed by atoms with Crippen LogP contribution >= 0.6 is 7.60 Å². The number of aliphatic hydroxyl groups excluding tert-OH is 1. The molecule has 7 saturated heterocycles. The predicted octanol–water partition coefficient (Wildman–Crippen LogP) is 4.21. The van der Waals surface area contributed by atoms with E-state index < -0.39 is 7.60 Å². The van der Waals surface area contributed by atoms with Crippen LogP contribution in [0.3, 0.4) is 0 Å². The molecule has 388 valence electrons. The highest BCUT2D eigenvalue weighted by Crippen LogP contribution is 2.40. The van der Waals surface area contributed by atoms with Gasteiger partial charge in [-0.05, 0) is 135 Å². The number of hydrogen-bond acceptors (Lipinski definition) is 15. The highest BCUT2D eigenvalue weighted by Gasteiger charge is 2.34. The Bertz CT molecular complexity index is 1350. The number of β-amino-alcohol motifs (C(OH)–C–C–N with tert-alkyl or cyclic N) is 1. The molecule has 0 amide bonds. The van der Waals surface area contributed by atoms with Crippen molar-refractivity contribution in [3.05, 3.63) is 0 Å². The van der Waals surface area contributed by atoms with Crippen LogP contribution in [0.15, 0.2) is 0 Å². The molecule has 66 heavy (non-hydrogen) atoms. The maximum Gasteiger partial charge on any atom is 0.325 e. The summed E-state index contributed by atoms with van der Waals surface area (Å²) in [7, 11) is -3.27. The van der Waals surface area contributed by atoms with Gasteiger partial charge in [0.15, 0.2) is 0 Å². The van der Waals surface area contributed by atoms with Gasteiger partial charge in [0.1, 0.15) is 0 Å². The third kappa shape index (κ3) is 24.5. The van der Waals surface area contributed by atoms with Crippen LogP contribution in [-0.2, 0) is 9.09 Å². The molecule has 0 aromatic heterocycles. The average Bonchev–Trinajstić information content (AvgIpc) is 3.88. The zero-order chi connectivity index (χ0) is 50.6. The Hall–Kier alpha value is -1.31. The van der Waals surface area contributed by atoms with Crippen molar-refractivity contribution >= 4 is 7.60 Å². The Labute approximate surface area is 405 Å². The van der Waals surface area contributed by atoms with Crippen molar-refractivity contribution in [3.63, 3.8) is 0 Å². The molecule has 0 bridgehead atoms. The molecule has 0 spiro atoms. The molecular formula is C49H103N12O4P. The third-order valence-corrected chi connectivity index (χ3v) is 14.4. The second kappa shape index (κ2) is 31.1. The fourth-order valence-corrected chi connectivity index (χ4v) is 8.96. The molecule has 7 aliphatic rings. The summed E-state index contributed by atoms with van der Waals surface area (Å²) in [6.45, 7) is 48.1. The summed E-state index contributed by atoms with van der Waals surface area (Å²) in [4.78, 5) is 25.2. The van der Waals surface area contributed by atoms with Crippen LogP contribution in [0.25, 0.3) is 0 Å². The number of likely N-dealkylation sites (tertiary alicyclic amines) is 7. The number of aliphatic hydroxyl groups is 1. The van der Waals surface area contributed by atoms with Crippen molar-refractivity contribution in [2.24, 2.45) is 35.0 Å². The van der Waals surface area contributed by atoms with Gasteiger partial charge in [0.05, 0.1) is 36.2 Å². The van der Waals surface area contributed by atoms with E-state index in [-0.39, 0.29) is 30.1 Å². The fraction of sp³-hybridized carbons (Fsp3) is 0.959. The van der Waals surface area contributed by atoms with E-state index in [9.17, 15) is 4.57 Å². The predicted molar refractivity (Wildman–Crippen MR) is 274 cm³/mol. The molecule has 6 atom stereocenters. The lowest BCUT2D eigenvalue weighted by Gasteiger charge is -2.41. The lowest BCUT2D eigenvalue weighted by molar-refractivity contribution is -0.0161. The summed E-state index contributed by atoms with van der Waals surface area (Å²) in [6.07, 6.45) is 2.50. The van der Waals surface area contributed by atoms with E-state index in [0.717, 1.165) is 78.0 Å². The molecule has 17 heteroatoms. The van der Waals surface area contributed by atoms with Crippen LogP contribution in [0.5, 0.6) is 0 Å². The van der Waals surface area contributed by atoms with Crippen LogP contribution in [0.4, 0.5) is 0 Å². The maximum absolute atomic E-state index is 10.8. The van der Waals surface area contributed by atoms with Gasteiger partial charge in [-0.25, -0.2) is 0 Å². The van der Waals surface area contributed by atoms with Gasteiger partial charge >= 0.3 is 7.60 Å². The first-order chi connectivity index (χ1) is 30.6. The van der Waals surface area contributed by atoms with Crippen molar-refractivity contribution in [3.8, 4) is 12.1 Å². The van der Waals surface area contributed by atoms with Crippen molar-refractivity contribution in [1.82, 2.24) is 34.3 Å². The molecule has 8 N–H and O–H groups in total. The minimum Gasteiger partial charge on any atom is -0.390 e. The Morgan fingerprint density at radius 3 is 1.12 bits per heavy atom. The topological polar surface area (TPSA) is 215 Å². The number of nitrogens with two attached hydrogens (primary N) is 3. The molecular weight excluding hydrogens is 852 g/mol. The molecule has 7 fully saturated rings. The lowest BCUT2D eigenvalue weighted by atomic mass is 10.0. The fourth-order valence-electron chi connectivity index (χ4n) is 8.27. The Kier molecular flexibility index (Phi) is 29.6. The lowest BCUT2D eigenvalue weighted by Crippen LogP contribution is -2.57. The molecule has 7 aliphatic heterocycles. The Morgan fingerprint density at radius 1 is 0.530 bits per heavy atom. The Morgan fingerprint density at radius 2 is 0.909 bits per heavy atom. The van der Waals surface area contributed by atoms with Crippen LogP contribution in [0, 0.1) is 40.4 Å². The molecule has 0 radical (unpaired) electrons. The first kappa shape index (κ1) is 62.7. The first-order valence-corrected chi connectivity index (χ1v) is 27.5. The van der Waals surface area contributed by atoms with Gasteiger partial charge in [-0.15, -0.1) is 0 Å². The minimum absolute atomic E-state index is 0.0393. The standard InChI is InChI=1S/C9H16N2.C8H15N3.C7H16N2.C7H16NO3P.C6H14N2.C6H13NO.C6H13N/c1-7(2)11-5-8(3)9(4-10)6-11;1-6(2)11-4-7(3-9)8(10)5-11;1-6(2)9-4-3-7(8)5-9;1-6(2)8-4-7(5-8)11-12(3,9)10;1-5(2)8-3-6(7)4-8;1-5(2)7-3-6(8)4-7;1-6(2)7-4-3-5-7/h7-9H,5-6H2,1-3H3;6-8H,4-5,10H2,1-2H3;6-7H,3-5,8H2,1-2H3;6-7H,4-5H2,1-3H3,(H,9,10);5-6H,3-4,7H2,1-2H3;5-6,8H,3-4H2,1-2H3;6H,3-5H2,1-2H3.